The summed E-state index contributed by atoms with van der Waals surface area (Å²) in [6, 6.07) is 13.0. The van der Waals surface area contributed by atoms with Gasteiger partial charge in [0.2, 0.25) is 5.88 Å². The molecule has 7 nitrogen and oxygen atoms in total. The SMILES string of the molecule is Cc1cc(OCCNC2=NCCN2)nc(-c2ccc3cc(O)ccc3c2)n1.Cl. The van der Waals surface area contributed by atoms with Crippen molar-refractivity contribution in [2.45, 2.75) is 6.92 Å². The Hall–Kier alpha value is -3.06. The van der Waals surface area contributed by atoms with Crippen LogP contribution in [0.5, 0.6) is 11.6 Å². The predicted molar refractivity (Wildman–Crippen MR) is 112 cm³/mol. The highest BCUT2D eigenvalue weighted by Gasteiger charge is 2.08. The Labute approximate surface area is 169 Å². The molecule has 146 valence electrons. The minimum atomic E-state index is 0. The number of guanidine groups is 1. The number of hydrogen-bond acceptors (Lipinski definition) is 7. The molecule has 0 saturated carbocycles. The van der Waals surface area contributed by atoms with Crippen LogP contribution >= 0.6 is 12.4 Å². The first-order valence-electron chi connectivity index (χ1n) is 8.91. The molecule has 8 heteroatoms. The molecule has 2 heterocycles. The Balaban J connectivity index is 0.00000225. The number of nitrogens with one attached hydrogen (secondary N) is 2. The topological polar surface area (TPSA) is 91.7 Å². The van der Waals surface area contributed by atoms with Crippen LogP contribution in [0.2, 0.25) is 0 Å². The Morgan fingerprint density at radius 1 is 1.11 bits per heavy atom. The average molecular weight is 400 g/mol. The second kappa shape index (κ2) is 8.75. The summed E-state index contributed by atoms with van der Waals surface area (Å²) < 4.78 is 5.78. The Morgan fingerprint density at radius 3 is 2.75 bits per heavy atom. The number of halogens is 1. The quantitative estimate of drug-likeness (QED) is 0.571. The molecule has 0 aliphatic carbocycles. The summed E-state index contributed by atoms with van der Waals surface area (Å²) in [5.41, 5.74) is 1.75. The van der Waals surface area contributed by atoms with Gasteiger partial charge in [-0.2, -0.15) is 4.98 Å². The lowest BCUT2D eigenvalue weighted by atomic mass is 10.1. The first-order valence-corrected chi connectivity index (χ1v) is 8.91. The highest BCUT2D eigenvalue weighted by Crippen LogP contribution is 2.26. The van der Waals surface area contributed by atoms with Crippen molar-refractivity contribution in [2.24, 2.45) is 4.99 Å². The fraction of sp³-hybridized carbons (Fsp3) is 0.250. The number of hydrogen-bond donors (Lipinski definition) is 3. The van der Waals surface area contributed by atoms with Gasteiger partial charge in [0.1, 0.15) is 12.4 Å². The largest absolute Gasteiger partial charge is 0.508 e. The van der Waals surface area contributed by atoms with Crippen LogP contribution in [0.1, 0.15) is 5.69 Å². The predicted octanol–water partition coefficient (Wildman–Crippen LogP) is 2.66. The van der Waals surface area contributed by atoms with Crippen molar-refractivity contribution < 1.29 is 9.84 Å². The van der Waals surface area contributed by atoms with Crippen LogP contribution in [-0.2, 0) is 0 Å². The Bertz CT molecular complexity index is 1010. The molecule has 0 fully saturated rings. The van der Waals surface area contributed by atoms with E-state index in [1.165, 1.54) is 0 Å². The van der Waals surface area contributed by atoms with Crippen LogP contribution in [0.25, 0.3) is 22.2 Å². The molecule has 0 spiro atoms. The monoisotopic (exact) mass is 399 g/mol. The molecule has 0 bridgehead atoms. The number of aromatic nitrogens is 2. The summed E-state index contributed by atoms with van der Waals surface area (Å²) in [5, 5.41) is 17.9. The summed E-state index contributed by atoms with van der Waals surface area (Å²) in [4.78, 5) is 13.4. The van der Waals surface area contributed by atoms with Crippen LogP contribution in [0.4, 0.5) is 0 Å². The van der Waals surface area contributed by atoms with Crippen LogP contribution in [0, 0.1) is 6.92 Å². The van der Waals surface area contributed by atoms with Crippen LogP contribution in [-0.4, -0.2) is 47.3 Å². The third-order valence-corrected chi connectivity index (χ3v) is 4.23. The molecule has 3 N–H and O–H groups in total. The number of aliphatic imine (C=N–C) groups is 1. The van der Waals surface area contributed by atoms with E-state index < -0.39 is 0 Å². The van der Waals surface area contributed by atoms with Gasteiger partial charge in [0.15, 0.2) is 11.8 Å². The molecule has 4 rings (SSSR count). The molecule has 2 aromatic carbocycles. The molecule has 0 amide bonds. The number of rotatable bonds is 5. The van der Waals surface area contributed by atoms with Crippen molar-refractivity contribution in [2.75, 3.05) is 26.2 Å². The summed E-state index contributed by atoms with van der Waals surface area (Å²) in [6.45, 7) is 4.73. The summed E-state index contributed by atoms with van der Waals surface area (Å²) in [6.07, 6.45) is 0. The normalized spacial score (nSPS) is 12.8. The van der Waals surface area contributed by atoms with E-state index in [0.717, 1.165) is 41.1 Å². The number of aryl methyl sites for hydroxylation is 1. The van der Waals surface area contributed by atoms with Crippen molar-refractivity contribution in [1.82, 2.24) is 20.6 Å². The number of nitrogens with zero attached hydrogens (tertiary/aromatic N) is 3. The van der Waals surface area contributed by atoms with Crippen LogP contribution in [0.15, 0.2) is 47.5 Å². The average Bonchev–Trinajstić information content (AvgIpc) is 3.18. The van der Waals surface area contributed by atoms with Gasteiger partial charge >= 0.3 is 0 Å². The van der Waals surface area contributed by atoms with E-state index in [9.17, 15) is 5.11 Å². The molecular formula is C20H22ClN5O2. The molecule has 0 unspecified atom stereocenters. The van der Waals surface area contributed by atoms with Gasteiger partial charge in [-0.15, -0.1) is 12.4 Å². The number of phenolic OH excluding ortho intramolecular Hbond substituents is 1. The van der Waals surface area contributed by atoms with Crippen molar-refractivity contribution in [3.63, 3.8) is 0 Å². The van der Waals surface area contributed by atoms with Gasteiger partial charge in [-0.05, 0) is 35.9 Å². The molecule has 1 aliphatic rings. The zero-order valence-electron chi connectivity index (χ0n) is 15.5. The van der Waals surface area contributed by atoms with Crippen molar-refractivity contribution in [1.29, 1.82) is 0 Å². The maximum atomic E-state index is 9.60. The van der Waals surface area contributed by atoms with E-state index >= 15 is 0 Å². The summed E-state index contributed by atoms with van der Waals surface area (Å²) >= 11 is 0. The second-order valence-electron chi connectivity index (χ2n) is 6.35. The molecule has 28 heavy (non-hydrogen) atoms. The summed E-state index contributed by atoms with van der Waals surface area (Å²) in [7, 11) is 0. The van der Waals surface area contributed by atoms with Crippen molar-refractivity contribution >= 4 is 29.1 Å². The van der Waals surface area contributed by atoms with E-state index in [-0.39, 0.29) is 18.2 Å². The standard InChI is InChI=1S/C20H21N5O2.ClH/c1-13-10-18(27-9-8-23-20-21-6-7-22-20)25-19(24-13)16-3-2-15-12-17(26)5-4-14(15)11-16;/h2-5,10-12,26H,6-9H2,1H3,(H2,21,22,23);1H. The minimum absolute atomic E-state index is 0. The van der Waals surface area contributed by atoms with Gasteiger partial charge in [-0.3, -0.25) is 4.99 Å². The van der Waals surface area contributed by atoms with Gasteiger partial charge in [-0.1, -0.05) is 18.2 Å². The molecule has 1 aromatic heterocycles. The van der Waals surface area contributed by atoms with Gasteiger partial charge in [0.25, 0.3) is 0 Å². The molecule has 0 radical (unpaired) electrons. The number of fused-ring (bicyclic) bond motifs is 1. The third kappa shape index (κ3) is 4.61. The van der Waals surface area contributed by atoms with Crippen LogP contribution in [0.3, 0.4) is 0 Å². The first kappa shape index (κ1) is 19.7. The minimum Gasteiger partial charge on any atom is -0.508 e. The molecule has 1 aliphatic heterocycles. The van der Waals surface area contributed by atoms with E-state index in [0.29, 0.717) is 24.9 Å². The van der Waals surface area contributed by atoms with Gasteiger partial charge in [-0.25, -0.2) is 4.98 Å². The van der Waals surface area contributed by atoms with Gasteiger partial charge in [0, 0.05) is 23.9 Å². The lowest BCUT2D eigenvalue weighted by Gasteiger charge is -2.10. The fourth-order valence-electron chi connectivity index (χ4n) is 2.96. The number of phenols is 1. The second-order valence-corrected chi connectivity index (χ2v) is 6.35. The number of ether oxygens (including phenoxy) is 1. The Morgan fingerprint density at radius 2 is 1.93 bits per heavy atom. The molecule has 3 aromatic rings. The van der Waals surface area contributed by atoms with Gasteiger partial charge in [0.05, 0.1) is 13.1 Å². The lowest BCUT2D eigenvalue weighted by Crippen LogP contribution is -2.36. The van der Waals surface area contributed by atoms with Crippen molar-refractivity contribution in [3.05, 3.63) is 48.2 Å². The van der Waals surface area contributed by atoms with E-state index in [1.807, 2.05) is 37.3 Å². The fourth-order valence-corrected chi connectivity index (χ4v) is 2.96. The van der Waals surface area contributed by atoms with E-state index in [2.05, 4.69) is 25.6 Å². The zero-order chi connectivity index (χ0) is 18.6. The maximum absolute atomic E-state index is 9.60. The highest BCUT2D eigenvalue weighted by molar-refractivity contribution is 5.87. The molecule has 0 saturated heterocycles. The van der Waals surface area contributed by atoms with E-state index in [4.69, 9.17) is 4.74 Å². The summed E-state index contributed by atoms with van der Waals surface area (Å²) in [5.74, 6) is 2.24. The highest BCUT2D eigenvalue weighted by atomic mass is 35.5. The molecule has 0 atom stereocenters. The van der Waals surface area contributed by atoms with Crippen LogP contribution < -0.4 is 15.4 Å². The van der Waals surface area contributed by atoms with Crippen molar-refractivity contribution in [3.8, 4) is 23.0 Å². The molecular weight excluding hydrogens is 378 g/mol. The smallest absolute Gasteiger partial charge is 0.217 e. The number of aromatic hydroxyl groups is 1. The zero-order valence-corrected chi connectivity index (χ0v) is 16.3. The van der Waals surface area contributed by atoms with E-state index in [1.54, 1.807) is 12.1 Å². The third-order valence-electron chi connectivity index (χ3n) is 4.23. The Kier molecular flexibility index (Phi) is 6.16. The first-order chi connectivity index (χ1) is 13.2. The lowest BCUT2D eigenvalue weighted by molar-refractivity contribution is 0.309. The van der Waals surface area contributed by atoms with Gasteiger partial charge < -0.3 is 20.5 Å². The number of benzene rings is 2. The maximum Gasteiger partial charge on any atom is 0.217 e.